The SMILES string of the molecule is O=C1C[C@@H]2O[C@H](CNC(=O)[C@@H]3CN(CCN3C(=O)COc3ccccc3)C(=O)[C@@H]3C[C@@H](CN3Cc3ccncc3)N1)[C@@H](O)[C@H]2O. The maximum Gasteiger partial charge on any atom is 0.261 e. The highest BCUT2D eigenvalue weighted by molar-refractivity contribution is 5.90. The number of aliphatic hydroxyl groups excluding tert-OH is 2. The number of para-hydroxylation sites is 1. The van der Waals surface area contributed by atoms with E-state index < -0.39 is 48.3 Å². The number of rotatable bonds is 5. The zero-order valence-corrected chi connectivity index (χ0v) is 24.7. The molecule has 0 spiro atoms. The summed E-state index contributed by atoms with van der Waals surface area (Å²) in [6, 6.07) is 10.7. The molecule has 240 valence electrons. The summed E-state index contributed by atoms with van der Waals surface area (Å²) in [4.78, 5) is 63.2. The van der Waals surface area contributed by atoms with Crippen LogP contribution in [0.1, 0.15) is 18.4 Å². The van der Waals surface area contributed by atoms with E-state index in [0.717, 1.165) is 5.56 Å². The van der Waals surface area contributed by atoms with Crippen LogP contribution in [0.3, 0.4) is 0 Å². The van der Waals surface area contributed by atoms with E-state index in [9.17, 15) is 29.4 Å². The van der Waals surface area contributed by atoms with Gasteiger partial charge in [0.05, 0.1) is 25.1 Å². The number of hydrogen-bond acceptors (Lipinski definition) is 10. The second-order valence-electron chi connectivity index (χ2n) is 11.9. The van der Waals surface area contributed by atoms with Gasteiger partial charge in [-0.25, -0.2) is 0 Å². The van der Waals surface area contributed by atoms with E-state index in [1.165, 1.54) is 4.90 Å². The van der Waals surface area contributed by atoms with Gasteiger partial charge in [0, 0.05) is 51.2 Å². The van der Waals surface area contributed by atoms with Crippen LogP contribution in [0.5, 0.6) is 5.75 Å². The number of likely N-dealkylation sites (tertiary alicyclic amines) is 1. The number of carbonyl (C=O) groups excluding carboxylic acids is 4. The first kappa shape index (κ1) is 30.9. The van der Waals surface area contributed by atoms with Crippen LogP contribution in [-0.4, -0.2) is 135 Å². The van der Waals surface area contributed by atoms with Crippen LogP contribution < -0.4 is 15.4 Å². The van der Waals surface area contributed by atoms with E-state index in [-0.39, 0.29) is 57.1 Å². The maximum absolute atomic E-state index is 14.1. The number of hydrogen-bond donors (Lipinski definition) is 4. The van der Waals surface area contributed by atoms with E-state index in [1.54, 1.807) is 41.6 Å². The number of amides is 4. The van der Waals surface area contributed by atoms with Crippen LogP contribution in [0.15, 0.2) is 54.9 Å². The number of carbonyl (C=O) groups is 4. The summed E-state index contributed by atoms with van der Waals surface area (Å²) >= 11 is 0. The fourth-order valence-corrected chi connectivity index (χ4v) is 6.58. The summed E-state index contributed by atoms with van der Waals surface area (Å²) in [6.45, 7) is 0.691. The Bertz CT molecular complexity index is 1380. The molecule has 7 atom stereocenters. The first-order chi connectivity index (χ1) is 21.8. The molecule has 4 saturated heterocycles. The quantitative estimate of drug-likeness (QED) is 0.300. The molecule has 14 nitrogen and oxygen atoms in total. The molecule has 4 amide bonds. The smallest absolute Gasteiger partial charge is 0.261 e. The average Bonchev–Trinajstić information content (AvgIpc) is 3.57. The Kier molecular flexibility index (Phi) is 9.26. The molecule has 6 bridgehead atoms. The van der Waals surface area contributed by atoms with Crippen molar-refractivity contribution in [2.45, 2.75) is 61.9 Å². The van der Waals surface area contributed by atoms with Crippen molar-refractivity contribution in [1.82, 2.24) is 30.3 Å². The normalized spacial score (nSPS) is 31.0. The Labute approximate surface area is 260 Å². The molecule has 4 N–H and O–H groups in total. The summed E-state index contributed by atoms with van der Waals surface area (Å²) in [7, 11) is 0. The van der Waals surface area contributed by atoms with Crippen molar-refractivity contribution in [3.63, 3.8) is 0 Å². The molecule has 14 heteroatoms. The van der Waals surface area contributed by atoms with Gasteiger partial charge in [-0.1, -0.05) is 18.2 Å². The molecule has 4 aliphatic heterocycles. The van der Waals surface area contributed by atoms with Crippen molar-refractivity contribution < 1.29 is 38.9 Å². The molecular formula is C31H38N6O8. The van der Waals surface area contributed by atoms with Crippen LogP contribution in [0.25, 0.3) is 0 Å². The molecular weight excluding hydrogens is 584 g/mol. The van der Waals surface area contributed by atoms with Gasteiger partial charge in [-0.05, 0) is 36.2 Å². The molecule has 6 rings (SSSR count). The Morgan fingerprint density at radius 3 is 2.51 bits per heavy atom. The maximum atomic E-state index is 14.1. The lowest BCUT2D eigenvalue weighted by Crippen LogP contribution is -2.64. The van der Waals surface area contributed by atoms with Gasteiger partial charge < -0.3 is 40.1 Å². The fraction of sp³-hybridized carbons (Fsp3) is 0.516. The predicted molar refractivity (Wildman–Crippen MR) is 157 cm³/mol. The third kappa shape index (κ3) is 6.93. The van der Waals surface area contributed by atoms with Gasteiger partial charge in [-0.15, -0.1) is 0 Å². The molecule has 0 radical (unpaired) electrons. The third-order valence-electron chi connectivity index (χ3n) is 8.93. The summed E-state index contributed by atoms with van der Waals surface area (Å²) < 4.78 is 11.5. The van der Waals surface area contributed by atoms with Crippen LogP contribution in [0, 0.1) is 0 Å². The summed E-state index contributed by atoms with van der Waals surface area (Å²) in [5.74, 6) is -0.976. The standard InChI is InChI=1S/C31H38N6O8/c38-26-13-24-28(40)29(41)25(45-24)14-33-30(42)23-17-35(10-11-37(23)27(39)18-44-21-4-2-1-3-5-21)31(43)22-12-20(34-26)16-36(22)15-19-6-8-32-9-7-19/h1-9,20,22-25,28-29,40-41H,10-18H2,(H,33,42)(H,34,38)/t20-,22-,23-,24-,25+,28-,29+/m0/s1. The van der Waals surface area contributed by atoms with Gasteiger partial charge in [-0.3, -0.25) is 29.1 Å². The van der Waals surface area contributed by atoms with Crippen molar-refractivity contribution in [2.24, 2.45) is 0 Å². The molecule has 2 aromatic rings. The van der Waals surface area contributed by atoms with Gasteiger partial charge in [0.15, 0.2) is 6.61 Å². The summed E-state index contributed by atoms with van der Waals surface area (Å²) in [6.07, 6.45) is -1.08. The number of piperazine rings is 1. The number of aromatic nitrogens is 1. The average molecular weight is 623 g/mol. The lowest BCUT2D eigenvalue weighted by molar-refractivity contribution is -0.151. The molecule has 4 aliphatic rings. The Morgan fingerprint density at radius 2 is 1.73 bits per heavy atom. The van der Waals surface area contributed by atoms with Gasteiger partial charge in [-0.2, -0.15) is 0 Å². The zero-order chi connectivity index (χ0) is 31.5. The highest BCUT2D eigenvalue weighted by Crippen LogP contribution is 2.27. The fourth-order valence-electron chi connectivity index (χ4n) is 6.58. The second-order valence-corrected chi connectivity index (χ2v) is 11.9. The highest BCUT2D eigenvalue weighted by Gasteiger charge is 2.46. The predicted octanol–water partition coefficient (Wildman–Crippen LogP) is -1.73. The number of ether oxygens (including phenoxy) is 2. The second kappa shape index (κ2) is 13.5. The van der Waals surface area contributed by atoms with Gasteiger partial charge in [0.25, 0.3) is 5.91 Å². The summed E-state index contributed by atoms with van der Waals surface area (Å²) in [5, 5.41) is 26.9. The van der Waals surface area contributed by atoms with E-state index in [2.05, 4.69) is 15.6 Å². The van der Waals surface area contributed by atoms with E-state index in [4.69, 9.17) is 9.47 Å². The molecule has 5 heterocycles. The van der Waals surface area contributed by atoms with Crippen molar-refractivity contribution in [1.29, 1.82) is 0 Å². The number of nitrogens with zero attached hydrogens (tertiary/aromatic N) is 4. The van der Waals surface area contributed by atoms with Gasteiger partial charge in [0.2, 0.25) is 17.7 Å². The number of aliphatic hydroxyl groups is 2. The van der Waals surface area contributed by atoms with E-state index >= 15 is 0 Å². The number of fused-ring (bicyclic) bond motifs is 6. The topological polar surface area (TPSA) is 174 Å². The van der Waals surface area contributed by atoms with Crippen molar-refractivity contribution in [3.8, 4) is 5.75 Å². The molecule has 4 fully saturated rings. The third-order valence-corrected chi connectivity index (χ3v) is 8.93. The minimum Gasteiger partial charge on any atom is -0.484 e. The minimum atomic E-state index is -1.33. The van der Waals surface area contributed by atoms with Crippen molar-refractivity contribution in [3.05, 3.63) is 60.4 Å². The number of pyridine rings is 1. The number of nitrogens with one attached hydrogen (secondary N) is 2. The monoisotopic (exact) mass is 622 g/mol. The van der Waals surface area contributed by atoms with Crippen LogP contribution >= 0.6 is 0 Å². The van der Waals surface area contributed by atoms with Crippen LogP contribution in [0.2, 0.25) is 0 Å². The molecule has 0 unspecified atom stereocenters. The van der Waals surface area contributed by atoms with Crippen LogP contribution in [-0.2, 0) is 30.5 Å². The number of benzene rings is 1. The van der Waals surface area contributed by atoms with E-state index in [0.29, 0.717) is 25.3 Å². The highest BCUT2D eigenvalue weighted by atomic mass is 16.5. The summed E-state index contributed by atoms with van der Waals surface area (Å²) in [5.41, 5.74) is 0.953. The van der Waals surface area contributed by atoms with Gasteiger partial charge in [0.1, 0.15) is 30.1 Å². The largest absolute Gasteiger partial charge is 0.484 e. The first-order valence-electron chi connectivity index (χ1n) is 15.2. The van der Waals surface area contributed by atoms with Crippen molar-refractivity contribution in [2.75, 3.05) is 39.3 Å². The van der Waals surface area contributed by atoms with E-state index in [1.807, 2.05) is 23.1 Å². The Balaban J connectivity index is 1.25. The minimum absolute atomic E-state index is 0.0440. The first-order valence-corrected chi connectivity index (χ1v) is 15.2. The molecule has 1 aromatic carbocycles. The Hall–Kier alpha value is -4.11. The molecule has 0 saturated carbocycles. The van der Waals surface area contributed by atoms with Crippen LogP contribution in [0.4, 0.5) is 0 Å². The molecule has 1 aromatic heterocycles. The lowest BCUT2D eigenvalue weighted by atomic mass is 10.0. The Morgan fingerprint density at radius 1 is 0.978 bits per heavy atom. The van der Waals surface area contributed by atoms with Crippen molar-refractivity contribution >= 4 is 23.6 Å². The zero-order valence-electron chi connectivity index (χ0n) is 24.7. The molecule has 0 aliphatic carbocycles. The lowest BCUT2D eigenvalue weighted by Gasteiger charge is -2.42. The molecule has 45 heavy (non-hydrogen) atoms. The van der Waals surface area contributed by atoms with Gasteiger partial charge >= 0.3 is 0 Å².